The van der Waals surface area contributed by atoms with Crippen molar-refractivity contribution < 1.29 is 22.4 Å². The number of nitrogens with one attached hydrogen (secondary N) is 3. The van der Waals surface area contributed by atoms with Gasteiger partial charge < -0.3 is 10.6 Å². The molecule has 0 fully saturated rings. The van der Waals surface area contributed by atoms with E-state index < -0.39 is 21.8 Å². The van der Waals surface area contributed by atoms with Gasteiger partial charge in [-0.25, -0.2) is 17.5 Å². The quantitative estimate of drug-likeness (QED) is 0.207. The third-order valence-electron chi connectivity index (χ3n) is 5.67. The van der Waals surface area contributed by atoms with E-state index in [1.807, 2.05) is 29.0 Å². The highest BCUT2D eigenvalue weighted by Crippen LogP contribution is 2.27. The minimum atomic E-state index is -3.97. The SMILES string of the molecule is CC(=O)NS(=O)(=O)c1ccccc1-c1ccc(CNCCNC(=O)[C@@H](CS)Cc2ccccc2F)cc1. The molecule has 0 heterocycles. The molecule has 0 spiro atoms. The van der Waals surface area contributed by atoms with Crippen LogP contribution in [-0.2, 0) is 32.6 Å². The maximum atomic E-state index is 13.9. The number of hydrogen-bond acceptors (Lipinski definition) is 6. The summed E-state index contributed by atoms with van der Waals surface area (Å²) in [6.07, 6.45) is 0.289. The Kier molecular flexibility index (Phi) is 10.2. The molecule has 3 aromatic rings. The first-order valence-electron chi connectivity index (χ1n) is 11.8. The molecule has 37 heavy (non-hydrogen) atoms. The molecular weight excluding hydrogens is 513 g/mol. The highest BCUT2D eigenvalue weighted by atomic mass is 32.2. The molecular formula is C27H30FN3O4S2. The summed E-state index contributed by atoms with van der Waals surface area (Å²) in [6.45, 7) is 2.64. The van der Waals surface area contributed by atoms with Crippen molar-refractivity contribution in [1.82, 2.24) is 15.4 Å². The first-order valence-corrected chi connectivity index (χ1v) is 13.9. The van der Waals surface area contributed by atoms with Gasteiger partial charge in [-0.2, -0.15) is 12.6 Å². The summed E-state index contributed by atoms with van der Waals surface area (Å²) in [6, 6.07) is 20.3. The van der Waals surface area contributed by atoms with Crippen LogP contribution in [0.1, 0.15) is 18.1 Å². The Morgan fingerprint density at radius 2 is 1.62 bits per heavy atom. The van der Waals surface area contributed by atoms with E-state index in [9.17, 15) is 22.4 Å². The van der Waals surface area contributed by atoms with Gasteiger partial charge in [-0.1, -0.05) is 60.7 Å². The van der Waals surface area contributed by atoms with Crippen LogP contribution in [0.25, 0.3) is 11.1 Å². The van der Waals surface area contributed by atoms with Crippen molar-refractivity contribution in [1.29, 1.82) is 0 Å². The fourth-order valence-electron chi connectivity index (χ4n) is 3.81. The number of halogens is 1. The molecule has 0 bridgehead atoms. The molecule has 3 rings (SSSR count). The van der Waals surface area contributed by atoms with E-state index in [1.165, 1.54) is 12.1 Å². The van der Waals surface area contributed by atoms with Crippen LogP contribution in [0, 0.1) is 11.7 Å². The summed E-state index contributed by atoms with van der Waals surface area (Å²) in [5.41, 5.74) is 2.67. The van der Waals surface area contributed by atoms with Crippen molar-refractivity contribution in [2.75, 3.05) is 18.8 Å². The lowest BCUT2D eigenvalue weighted by Gasteiger charge is -2.15. The lowest BCUT2D eigenvalue weighted by Crippen LogP contribution is -2.37. The van der Waals surface area contributed by atoms with E-state index in [1.54, 1.807) is 36.4 Å². The molecule has 0 radical (unpaired) electrons. The van der Waals surface area contributed by atoms with E-state index >= 15 is 0 Å². The molecule has 0 aromatic heterocycles. The lowest BCUT2D eigenvalue weighted by molar-refractivity contribution is -0.124. The highest BCUT2D eigenvalue weighted by Gasteiger charge is 2.20. The molecule has 196 valence electrons. The molecule has 0 aliphatic carbocycles. The van der Waals surface area contributed by atoms with Crippen LogP contribution >= 0.6 is 12.6 Å². The Hall–Kier alpha value is -3.21. The van der Waals surface area contributed by atoms with Crippen LogP contribution in [0.3, 0.4) is 0 Å². The standard InChI is InChI=1S/C27H30FN3O4S2/c1-19(32)31-37(34,35)26-9-5-3-7-24(26)21-12-10-20(11-13-21)17-29-14-15-30-27(33)23(18-36)16-22-6-2-4-8-25(22)28/h2-13,23,29,36H,14-18H2,1H3,(H,30,33)(H,31,32)/t23-/m1/s1. The second-order valence-corrected chi connectivity index (χ2v) is 10.5. The first-order chi connectivity index (χ1) is 17.7. The van der Waals surface area contributed by atoms with Gasteiger partial charge in [0.25, 0.3) is 10.0 Å². The maximum Gasteiger partial charge on any atom is 0.264 e. The van der Waals surface area contributed by atoms with Crippen LogP contribution in [0.4, 0.5) is 4.39 Å². The van der Waals surface area contributed by atoms with Crippen LogP contribution in [0.15, 0.2) is 77.7 Å². The third kappa shape index (κ3) is 8.14. The number of rotatable bonds is 12. The van der Waals surface area contributed by atoms with Gasteiger partial charge in [0, 0.05) is 37.9 Å². The normalized spacial score (nSPS) is 12.1. The Morgan fingerprint density at radius 3 is 2.30 bits per heavy atom. The topological polar surface area (TPSA) is 104 Å². The second-order valence-electron chi connectivity index (χ2n) is 8.50. The number of benzene rings is 3. The highest BCUT2D eigenvalue weighted by molar-refractivity contribution is 7.90. The van der Waals surface area contributed by atoms with Crippen LogP contribution in [-0.4, -0.2) is 39.1 Å². The number of carbonyl (C=O) groups is 2. The van der Waals surface area contributed by atoms with Crippen molar-refractivity contribution in [3.63, 3.8) is 0 Å². The first kappa shape index (κ1) is 28.4. The minimum Gasteiger partial charge on any atom is -0.355 e. The molecule has 7 nitrogen and oxygen atoms in total. The molecule has 1 atom stereocenters. The van der Waals surface area contributed by atoms with Crippen molar-refractivity contribution in [3.05, 3.63) is 89.7 Å². The molecule has 3 N–H and O–H groups in total. The summed E-state index contributed by atoms with van der Waals surface area (Å²) >= 11 is 4.25. The molecule has 0 saturated carbocycles. The lowest BCUT2D eigenvalue weighted by atomic mass is 10.00. The maximum absolute atomic E-state index is 13.9. The van der Waals surface area contributed by atoms with E-state index in [2.05, 4.69) is 23.3 Å². The van der Waals surface area contributed by atoms with Gasteiger partial charge in [0.2, 0.25) is 11.8 Å². The zero-order valence-electron chi connectivity index (χ0n) is 20.4. The van der Waals surface area contributed by atoms with Crippen molar-refractivity contribution in [3.8, 4) is 11.1 Å². The number of hydrogen-bond donors (Lipinski definition) is 4. The zero-order valence-corrected chi connectivity index (χ0v) is 22.1. The predicted octanol–water partition coefficient (Wildman–Crippen LogP) is 3.31. The Bertz CT molecular complexity index is 1330. The largest absolute Gasteiger partial charge is 0.355 e. The van der Waals surface area contributed by atoms with Crippen molar-refractivity contribution >= 4 is 34.5 Å². The predicted molar refractivity (Wildman–Crippen MR) is 145 cm³/mol. The number of carbonyl (C=O) groups excluding carboxylic acids is 2. The molecule has 0 aliphatic rings. The van der Waals surface area contributed by atoms with Gasteiger partial charge in [0.05, 0.1) is 10.8 Å². The summed E-state index contributed by atoms with van der Waals surface area (Å²) in [5, 5.41) is 6.12. The zero-order chi connectivity index (χ0) is 26.8. The van der Waals surface area contributed by atoms with Crippen molar-refractivity contribution in [2.24, 2.45) is 5.92 Å². The smallest absolute Gasteiger partial charge is 0.264 e. The number of thiol groups is 1. The van der Waals surface area contributed by atoms with Gasteiger partial charge >= 0.3 is 0 Å². The van der Waals surface area contributed by atoms with E-state index in [-0.39, 0.29) is 23.0 Å². The van der Waals surface area contributed by atoms with E-state index in [0.717, 1.165) is 12.5 Å². The fourth-order valence-corrected chi connectivity index (χ4v) is 5.32. The molecule has 3 aromatic carbocycles. The monoisotopic (exact) mass is 543 g/mol. The van der Waals surface area contributed by atoms with E-state index in [4.69, 9.17) is 0 Å². The summed E-state index contributed by atoms with van der Waals surface area (Å²) in [7, 11) is -3.97. The average molecular weight is 544 g/mol. The van der Waals surface area contributed by atoms with Crippen LogP contribution in [0.2, 0.25) is 0 Å². The Morgan fingerprint density at radius 1 is 0.946 bits per heavy atom. The fraction of sp³-hybridized carbons (Fsp3) is 0.259. The molecule has 0 aliphatic heterocycles. The third-order valence-corrected chi connectivity index (χ3v) is 7.60. The molecule has 0 unspecified atom stereocenters. The van der Waals surface area contributed by atoms with E-state index in [0.29, 0.717) is 42.1 Å². The summed E-state index contributed by atoms with van der Waals surface area (Å²) < 4.78 is 41.0. The summed E-state index contributed by atoms with van der Waals surface area (Å²) in [4.78, 5) is 23.8. The van der Waals surface area contributed by atoms with Gasteiger partial charge in [-0.3, -0.25) is 9.59 Å². The number of amides is 2. The van der Waals surface area contributed by atoms with Gasteiger partial charge in [0.15, 0.2) is 0 Å². The average Bonchev–Trinajstić information content (AvgIpc) is 2.87. The minimum absolute atomic E-state index is 0.0290. The van der Waals surface area contributed by atoms with Crippen molar-refractivity contribution in [2.45, 2.75) is 24.8 Å². The Balaban J connectivity index is 1.50. The van der Waals surface area contributed by atoms with Crippen LogP contribution in [0.5, 0.6) is 0 Å². The molecule has 0 saturated heterocycles. The molecule has 10 heteroatoms. The summed E-state index contributed by atoms with van der Waals surface area (Å²) in [5.74, 6) is -1.26. The van der Waals surface area contributed by atoms with Crippen LogP contribution < -0.4 is 15.4 Å². The van der Waals surface area contributed by atoms with Gasteiger partial charge in [-0.15, -0.1) is 0 Å². The second kappa shape index (κ2) is 13.4. The van der Waals surface area contributed by atoms with Gasteiger partial charge in [0.1, 0.15) is 5.82 Å². The number of sulfonamides is 1. The Labute approximate surface area is 222 Å². The van der Waals surface area contributed by atoms with Gasteiger partial charge in [-0.05, 0) is 35.2 Å². The molecule has 2 amide bonds.